The minimum absolute atomic E-state index is 0.00391. The van der Waals surface area contributed by atoms with E-state index < -0.39 is 0 Å². The molecule has 1 unspecified atom stereocenters. The zero-order valence-corrected chi connectivity index (χ0v) is 12.3. The quantitative estimate of drug-likeness (QED) is 0.883. The first-order chi connectivity index (χ1) is 9.08. The summed E-state index contributed by atoms with van der Waals surface area (Å²) in [5.74, 6) is 0.00391. The summed E-state index contributed by atoms with van der Waals surface area (Å²) in [6, 6.07) is 6.28. The molecule has 0 radical (unpaired) electrons. The molecule has 0 aliphatic heterocycles. The van der Waals surface area contributed by atoms with Crippen molar-refractivity contribution in [2.24, 2.45) is 0 Å². The molecule has 0 spiro atoms. The van der Waals surface area contributed by atoms with Crippen molar-refractivity contribution in [3.8, 4) is 0 Å². The van der Waals surface area contributed by atoms with Crippen LogP contribution in [0.25, 0.3) is 10.2 Å². The Kier molecular flexibility index (Phi) is 4.50. The lowest BCUT2D eigenvalue weighted by Crippen LogP contribution is -2.30. The molecule has 1 aromatic carbocycles. The molecule has 0 aliphatic rings. The molecule has 0 fully saturated rings. The Hall–Kier alpha value is -1.46. The summed E-state index contributed by atoms with van der Waals surface area (Å²) < 4.78 is 1.11. The van der Waals surface area contributed by atoms with Crippen molar-refractivity contribution in [3.63, 3.8) is 0 Å². The van der Waals surface area contributed by atoms with E-state index in [0.717, 1.165) is 16.8 Å². The minimum atomic E-state index is 0.00391. The molecule has 0 aliphatic carbocycles. The summed E-state index contributed by atoms with van der Waals surface area (Å²) in [5.41, 5.74) is 2.14. The number of hydrogen-bond donors (Lipinski definition) is 2. The van der Waals surface area contributed by atoms with Crippen molar-refractivity contribution < 1.29 is 4.79 Å². The second-order valence-electron chi connectivity index (χ2n) is 4.70. The van der Waals surface area contributed by atoms with E-state index in [-0.39, 0.29) is 11.9 Å². The Morgan fingerprint density at radius 1 is 1.47 bits per heavy atom. The van der Waals surface area contributed by atoms with Crippen LogP contribution in [-0.2, 0) is 4.79 Å². The number of amides is 1. The third-order valence-electron chi connectivity index (χ3n) is 2.83. The predicted octanol–water partition coefficient (Wildman–Crippen LogP) is 2.93. The molecule has 2 N–H and O–H groups in total. The van der Waals surface area contributed by atoms with Crippen LogP contribution < -0.4 is 10.6 Å². The van der Waals surface area contributed by atoms with Gasteiger partial charge in [0.05, 0.1) is 10.2 Å². The molecule has 102 valence electrons. The number of nitrogens with one attached hydrogen (secondary N) is 2. The Balaban J connectivity index is 2.02. The maximum absolute atomic E-state index is 11.9. The smallest absolute Gasteiger partial charge is 0.227 e. The van der Waals surface area contributed by atoms with E-state index in [1.54, 1.807) is 0 Å². The van der Waals surface area contributed by atoms with Gasteiger partial charge in [0.15, 0.2) is 5.13 Å². The van der Waals surface area contributed by atoms with E-state index in [1.807, 2.05) is 26.0 Å². The van der Waals surface area contributed by atoms with Crippen LogP contribution >= 0.6 is 11.3 Å². The van der Waals surface area contributed by atoms with Gasteiger partial charge < -0.3 is 10.6 Å². The van der Waals surface area contributed by atoms with Crippen LogP contribution in [-0.4, -0.2) is 23.5 Å². The fraction of sp³-hybridized carbons (Fsp3) is 0.429. The van der Waals surface area contributed by atoms with Crippen LogP contribution in [0.15, 0.2) is 18.2 Å². The van der Waals surface area contributed by atoms with E-state index in [0.29, 0.717) is 11.6 Å². The molecule has 4 nitrogen and oxygen atoms in total. The van der Waals surface area contributed by atoms with Crippen LogP contribution in [0.4, 0.5) is 5.13 Å². The molecule has 0 bridgehead atoms. The Bertz CT molecular complexity index is 579. The Labute approximate surface area is 117 Å². The van der Waals surface area contributed by atoms with E-state index in [1.165, 1.54) is 16.9 Å². The lowest BCUT2D eigenvalue weighted by Gasteiger charge is -2.10. The van der Waals surface area contributed by atoms with E-state index in [2.05, 4.69) is 28.6 Å². The fourth-order valence-corrected chi connectivity index (χ4v) is 2.93. The summed E-state index contributed by atoms with van der Waals surface area (Å²) in [5, 5.41) is 6.76. The highest BCUT2D eigenvalue weighted by atomic mass is 32.1. The van der Waals surface area contributed by atoms with Crippen molar-refractivity contribution in [2.75, 3.05) is 11.9 Å². The summed E-state index contributed by atoms with van der Waals surface area (Å²) in [7, 11) is 0. The van der Waals surface area contributed by atoms with E-state index >= 15 is 0 Å². The molecule has 2 rings (SSSR count). The predicted molar refractivity (Wildman–Crippen MR) is 80.7 cm³/mol. The number of hydrogen-bond acceptors (Lipinski definition) is 4. The van der Waals surface area contributed by atoms with Crippen molar-refractivity contribution in [2.45, 2.75) is 33.2 Å². The molecule has 1 aromatic heterocycles. The molecular formula is C14H19N3OS. The number of rotatable bonds is 5. The number of thiazole rings is 1. The number of nitrogens with zero attached hydrogens (tertiary/aromatic N) is 1. The summed E-state index contributed by atoms with van der Waals surface area (Å²) in [6.45, 7) is 6.96. The molecule has 1 amide bonds. The van der Waals surface area contributed by atoms with Crippen LogP contribution in [0.5, 0.6) is 0 Å². The zero-order valence-electron chi connectivity index (χ0n) is 11.5. The number of benzene rings is 1. The van der Waals surface area contributed by atoms with Gasteiger partial charge in [0.25, 0.3) is 0 Å². The molecule has 1 heterocycles. The minimum Gasteiger partial charge on any atom is -0.314 e. The first-order valence-electron chi connectivity index (χ1n) is 6.49. The molecule has 5 heteroatoms. The zero-order chi connectivity index (χ0) is 13.8. The highest BCUT2D eigenvalue weighted by molar-refractivity contribution is 7.22. The first kappa shape index (κ1) is 14.0. The summed E-state index contributed by atoms with van der Waals surface area (Å²) in [6.07, 6.45) is 0.461. The molecule has 1 atom stereocenters. The van der Waals surface area contributed by atoms with Gasteiger partial charge in [-0.15, -0.1) is 0 Å². The number of aryl methyl sites for hydroxylation is 1. The fourth-order valence-electron chi connectivity index (χ4n) is 1.95. The van der Waals surface area contributed by atoms with Crippen LogP contribution in [0.2, 0.25) is 0 Å². The highest BCUT2D eigenvalue weighted by Gasteiger charge is 2.11. The third kappa shape index (κ3) is 3.75. The molecular weight excluding hydrogens is 258 g/mol. The number of fused-ring (bicyclic) bond motifs is 1. The van der Waals surface area contributed by atoms with Gasteiger partial charge in [0, 0.05) is 12.5 Å². The SMILES string of the molecule is CCNC(C)CC(=O)Nc1nc2ccc(C)cc2s1. The van der Waals surface area contributed by atoms with Gasteiger partial charge in [-0.2, -0.15) is 0 Å². The van der Waals surface area contributed by atoms with E-state index in [9.17, 15) is 4.79 Å². The maximum atomic E-state index is 11.9. The number of carbonyl (C=O) groups is 1. The van der Waals surface area contributed by atoms with Gasteiger partial charge in [-0.25, -0.2) is 4.98 Å². The molecule has 0 saturated carbocycles. The van der Waals surface area contributed by atoms with Gasteiger partial charge in [-0.3, -0.25) is 4.79 Å². The van der Waals surface area contributed by atoms with Gasteiger partial charge in [0.1, 0.15) is 0 Å². The van der Waals surface area contributed by atoms with Gasteiger partial charge in [-0.05, 0) is 38.1 Å². The highest BCUT2D eigenvalue weighted by Crippen LogP contribution is 2.26. The number of carbonyl (C=O) groups excluding carboxylic acids is 1. The standard InChI is InChI=1S/C14H19N3OS/c1-4-15-10(3)8-13(18)17-14-16-11-6-5-9(2)7-12(11)19-14/h5-7,10,15H,4,8H2,1-3H3,(H,16,17,18). The normalized spacial score (nSPS) is 12.6. The van der Waals surface area contributed by atoms with Crippen LogP contribution in [0.3, 0.4) is 0 Å². The van der Waals surface area contributed by atoms with Crippen LogP contribution in [0, 0.1) is 6.92 Å². The van der Waals surface area contributed by atoms with Crippen molar-refractivity contribution >= 4 is 32.6 Å². The molecule has 2 aromatic rings. The average Bonchev–Trinajstić information content (AvgIpc) is 2.70. The summed E-state index contributed by atoms with van der Waals surface area (Å²) >= 11 is 1.52. The summed E-state index contributed by atoms with van der Waals surface area (Å²) in [4.78, 5) is 16.3. The van der Waals surface area contributed by atoms with Gasteiger partial charge in [-0.1, -0.05) is 24.3 Å². The lowest BCUT2D eigenvalue weighted by atomic mass is 10.2. The van der Waals surface area contributed by atoms with Gasteiger partial charge in [0.2, 0.25) is 5.91 Å². The average molecular weight is 277 g/mol. The molecule has 0 saturated heterocycles. The number of anilines is 1. The first-order valence-corrected chi connectivity index (χ1v) is 7.30. The van der Waals surface area contributed by atoms with Crippen molar-refractivity contribution in [1.82, 2.24) is 10.3 Å². The van der Waals surface area contributed by atoms with Crippen LogP contribution in [0.1, 0.15) is 25.8 Å². The monoisotopic (exact) mass is 277 g/mol. The van der Waals surface area contributed by atoms with E-state index in [4.69, 9.17) is 0 Å². The van der Waals surface area contributed by atoms with Gasteiger partial charge >= 0.3 is 0 Å². The lowest BCUT2D eigenvalue weighted by molar-refractivity contribution is -0.116. The van der Waals surface area contributed by atoms with Crippen molar-refractivity contribution in [3.05, 3.63) is 23.8 Å². The van der Waals surface area contributed by atoms with Crippen molar-refractivity contribution in [1.29, 1.82) is 0 Å². The Morgan fingerprint density at radius 3 is 3.00 bits per heavy atom. The topological polar surface area (TPSA) is 54.0 Å². The maximum Gasteiger partial charge on any atom is 0.227 e. The second-order valence-corrected chi connectivity index (χ2v) is 5.73. The Morgan fingerprint density at radius 2 is 2.26 bits per heavy atom. The third-order valence-corrected chi connectivity index (χ3v) is 3.77. The molecule has 19 heavy (non-hydrogen) atoms. The number of aromatic nitrogens is 1. The second kappa shape index (κ2) is 6.12. The largest absolute Gasteiger partial charge is 0.314 e.